The van der Waals surface area contributed by atoms with Crippen LogP contribution in [0.25, 0.3) is 0 Å². The highest BCUT2D eigenvalue weighted by Gasteiger charge is 2.19. The summed E-state index contributed by atoms with van der Waals surface area (Å²) < 4.78 is 2.32. The fourth-order valence-corrected chi connectivity index (χ4v) is 3.83. The lowest BCUT2D eigenvalue weighted by molar-refractivity contribution is 0.267. The Labute approximate surface area is 122 Å². The first-order chi connectivity index (χ1) is 9.83. The summed E-state index contributed by atoms with van der Waals surface area (Å²) in [4.78, 5) is 0. The molecule has 1 N–H and O–H groups in total. The summed E-state index contributed by atoms with van der Waals surface area (Å²) >= 11 is 0. The SMILES string of the molecule is CC1CCCC(CCNCc2nnc3n2CCCC3)C1. The Morgan fingerprint density at radius 1 is 1.20 bits per heavy atom. The number of aromatic nitrogens is 3. The van der Waals surface area contributed by atoms with Gasteiger partial charge in [0, 0.05) is 13.0 Å². The Hall–Kier alpha value is -0.900. The average Bonchev–Trinajstić information content (AvgIpc) is 2.87. The standard InChI is InChI=1S/C16H28N4/c1-13-5-4-6-14(11-13)8-9-17-12-16-19-18-15-7-2-3-10-20(15)16/h13-14,17H,2-12H2,1H3. The van der Waals surface area contributed by atoms with Gasteiger partial charge in [-0.1, -0.05) is 26.2 Å². The fourth-order valence-electron chi connectivity index (χ4n) is 3.83. The van der Waals surface area contributed by atoms with Gasteiger partial charge in [0.25, 0.3) is 0 Å². The van der Waals surface area contributed by atoms with Gasteiger partial charge in [-0.25, -0.2) is 0 Å². The molecule has 4 nitrogen and oxygen atoms in total. The van der Waals surface area contributed by atoms with Crippen LogP contribution in [0.4, 0.5) is 0 Å². The van der Waals surface area contributed by atoms with Crippen LogP contribution in [-0.2, 0) is 19.5 Å². The lowest BCUT2D eigenvalue weighted by Gasteiger charge is -2.26. The number of rotatable bonds is 5. The zero-order valence-electron chi connectivity index (χ0n) is 12.8. The van der Waals surface area contributed by atoms with Crippen LogP contribution in [0, 0.1) is 11.8 Å². The molecule has 0 saturated heterocycles. The predicted molar refractivity (Wildman–Crippen MR) is 80.4 cm³/mol. The molecule has 0 aromatic carbocycles. The lowest BCUT2D eigenvalue weighted by Crippen LogP contribution is -2.23. The molecule has 0 amide bonds. The highest BCUT2D eigenvalue weighted by molar-refractivity contribution is 4.98. The van der Waals surface area contributed by atoms with E-state index in [9.17, 15) is 0 Å². The van der Waals surface area contributed by atoms with E-state index in [0.29, 0.717) is 0 Å². The number of aryl methyl sites for hydroxylation is 1. The molecule has 1 saturated carbocycles. The van der Waals surface area contributed by atoms with E-state index in [1.165, 1.54) is 50.8 Å². The molecule has 20 heavy (non-hydrogen) atoms. The first-order valence-corrected chi connectivity index (χ1v) is 8.44. The first-order valence-electron chi connectivity index (χ1n) is 8.44. The predicted octanol–water partition coefficient (Wildman–Crippen LogP) is 2.92. The van der Waals surface area contributed by atoms with Crippen LogP contribution >= 0.6 is 0 Å². The third-order valence-electron chi connectivity index (χ3n) is 4.99. The van der Waals surface area contributed by atoms with Gasteiger partial charge in [-0.15, -0.1) is 10.2 Å². The van der Waals surface area contributed by atoms with E-state index >= 15 is 0 Å². The maximum Gasteiger partial charge on any atom is 0.147 e. The topological polar surface area (TPSA) is 42.7 Å². The minimum Gasteiger partial charge on any atom is -0.314 e. The van der Waals surface area contributed by atoms with Crippen molar-refractivity contribution in [2.75, 3.05) is 6.54 Å². The summed E-state index contributed by atoms with van der Waals surface area (Å²) in [6.45, 7) is 5.52. The quantitative estimate of drug-likeness (QED) is 0.841. The summed E-state index contributed by atoms with van der Waals surface area (Å²) in [5.41, 5.74) is 0. The second-order valence-electron chi connectivity index (χ2n) is 6.74. The zero-order chi connectivity index (χ0) is 13.8. The molecule has 1 aromatic heterocycles. The molecule has 1 fully saturated rings. The Morgan fingerprint density at radius 3 is 3.05 bits per heavy atom. The van der Waals surface area contributed by atoms with Gasteiger partial charge in [-0.05, 0) is 44.1 Å². The average molecular weight is 276 g/mol. The monoisotopic (exact) mass is 276 g/mol. The smallest absolute Gasteiger partial charge is 0.147 e. The van der Waals surface area contributed by atoms with Crippen LogP contribution in [0.1, 0.15) is 63.5 Å². The number of hydrogen-bond donors (Lipinski definition) is 1. The Balaban J connectivity index is 1.40. The lowest BCUT2D eigenvalue weighted by atomic mass is 9.81. The van der Waals surface area contributed by atoms with Crippen LogP contribution < -0.4 is 5.32 Å². The van der Waals surface area contributed by atoms with Crippen molar-refractivity contribution in [3.63, 3.8) is 0 Å². The Morgan fingerprint density at radius 2 is 2.15 bits per heavy atom. The van der Waals surface area contributed by atoms with Gasteiger partial charge >= 0.3 is 0 Å². The molecule has 0 spiro atoms. The van der Waals surface area contributed by atoms with E-state index in [4.69, 9.17) is 0 Å². The number of nitrogens with one attached hydrogen (secondary N) is 1. The molecule has 0 bridgehead atoms. The highest BCUT2D eigenvalue weighted by Crippen LogP contribution is 2.30. The van der Waals surface area contributed by atoms with Crippen molar-refractivity contribution < 1.29 is 0 Å². The van der Waals surface area contributed by atoms with E-state index < -0.39 is 0 Å². The molecular formula is C16H28N4. The summed E-state index contributed by atoms with van der Waals surface area (Å²) in [6, 6.07) is 0. The number of fused-ring (bicyclic) bond motifs is 1. The number of nitrogens with zero attached hydrogens (tertiary/aromatic N) is 3. The molecule has 1 aliphatic carbocycles. The van der Waals surface area contributed by atoms with Crippen molar-refractivity contribution >= 4 is 0 Å². The first kappa shape index (κ1) is 14.1. The highest BCUT2D eigenvalue weighted by atomic mass is 15.3. The van der Waals surface area contributed by atoms with Gasteiger partial charge in [0.1, 0.15) is 11.6 Å². The van der Waals surface area contributed by atoms with Crippen molar-refractivity contribution in [1.82, 2.24) is 20.1 Å². The summed E-state index contributed by atoms with van der Waals surface area (Å²) in [7, 11) is 0. The molecular weight excluding hydrogens is 248 g/mol. The van der Waals surface area contributed by atoms with Gasteiger partial charge in [-0.3, -0.25) is 0 Å². The summed E-state index contributed by atoms with van der Waals surface area (Å²) in [5, 5.41) is 12.2. The van der Waals surface area contributed by atoms with Gasteiger partial charge in [-0.2, -0.15) is 0 Å². The number of hydrogen-bond acceptors (Lipinski definition) is 3. The van der Waals surface area contributed by atoms with Crippen LogP contribution in [0.3, 0.4) is 0 Å². The van der Waals surface area contributed by atoms with Crippen molar-refractivity contribution in [3.05, 3.63) is 11.6 Å². The molecule has 2 aliphatic rings. The molecule has 112 valence electrons. The maximum absolute atomic E-state index is 4.34. The van der Waals surface area contributed by atoms with Crippen LogP contribution in [-0.4, -0.2) is 21.3 Å². The molecule has 2 unspecified atom stereocenters. The van der Waals surface area contributed by atoms with Gasteiger partial charge < -0.3 is 9.88 Å². The van der Waals surface area contributed by atoms with E-state index in [2.05, 4.69) is 27.0 Å². The fraction of sp³-hybridized carbons (Fsp3) is 0.875. The van der Waals surface area contributed by atoms with Gasteiger partial charge in [0.2, 0.25) is 0 Å². The molecule has 4 heteroatoms. The third-order valence-corrected chi connectivity index (χ3v) is 4.99. The molecule has 0 radical (unpaired) electrons. The summed E-state index contributed by atoms with van der Waals surface area (Å²) in [5.74, 6) is 4.21. The minimum atomic E-state index is 0.884. The summed E-state index contributed by atoms with van der Waals surface area (Å²) in [6.07, 6.45) is 10.7. The Bertz CT molecular complexity index is 426. The maximum atomic E-state index is 4.34. The third kappa shape index (κ3) is 3.40. The van der Waals surface area contributed by atoms with Crippen molar-refractivity contribution in [3.8, 4) is 0 Å². The minimum absolute atomic E-state index is 0.884. The second kappa shape index (κ2) is 6.70. The molecule has 1 aliphatic heterocycles. The van der Waals surface area contributed by atoms with E-state index in [0.717, 1.165) is 43.7 Å². The molecule has 1 aromatic rings. The van der Waals surface area contributed by atoms with Crippen molar-refractivity contribution in [1.29, 1.82) is 0 Å². The molecule has 2 atom stereocenters. The largest absolute Gasteiger partial charge is 0.314 e. The van der Waals surface area contributed by atoms with E-state index in [1.54, 1.807) is 0 Å². The second-order valence-corrected chi connectivity index (χ2v) is 6.74. The van der Waals surface area contributed by atoms with Crippen LogP contribution in [0.5, 0.6) is 0 Å². The van der Waals surface area contributed by atoms with Crippen LogP contribution in [0.2, 0.25) is 0 Å². The normalized spacial score (nSPS) is 26.4. The Kier molecular flexibility index (Phi) is 4.71. The van der Waals surface area contributed by atoms with Gasteiger partial charge in [0.05, 0.1) is 6.54 Å². The molecule has 3 rings (SSSR count). The van der Waals surface area contributed by atoms with Crippen LogP contribution in [0.15, 0.2) is 0 Å². The molecule has 2 heterocycles. The van der Waals surface area contributed by atoms with Crippen molar-refractivity contribution in [2.45, 2.75) is 71.4 Å². The van der Waals surface area contributed by atoms with Crippen molar-refractivity contribution in [2.24, 2.45) is 11.8 Å². The zero-order valence-corrected chi connectivity index (χ0v) is 12.8. The van der Waals surface area contributed by atoms with E-state index in [1.807, 2.05) is 0 Å². The van der Waals surface area contributed by atoms with E-state index in [-0.39, 0.29) is 0 Å². The van der Waals surface area contributed by atoms with Gasteiger partial charge in [0.15, 0.2) is 0 Å².